The number of likely N-dealkylation sites (tertiary alicyclic amines) is 1. The number of methoxy groups -OCH3 is 1. The van der Waals surface area contributed by atoms with Crippen LogP contribution in [0.1, 0.15) is 43.2 Å². The lowest BCUT2D eigenvalue weighted by atomic mass is 9.72. The van der Waals surface area contributed by atoms with Crippen molar-refractivity contribution in [3.05, 3.63) is 29.3 Å². The van der Waals surface area contributed by atoms with Gasteiger partial charge in [0.25, 0.3) is 0 Å². The molecule has 0 unspecified atom stereocenters. The van der Waals surface area contributed by atoms with Gasteiger partial charge in [0.15, 0.2) is 0 Å². The molecule has 0 aromatic heterocycles. The summed E-state index contributed by atoms with van der Waals surface area (Å²) in [4.78, 5) is 2.51. The van der Waals surface area contributed by atoms with Gasteiger partial charge in [-0.15, -0.1) is 0 Å². The Morgan fingerprint density at radius 3 is 2.53 bits per heavy atom. The molecule has 0 atom stereocenters. The Balaban J connectivity index is 1.84. The van der Waals surface area contributed by atoms with Crippen LogP contribution >= 0.6 is 0 Å². The SMILES string of the molecule is COc1ccc(C2(N)CCC2)cc1CN1CCCC1. The molecule has 0 bridgehead atoms. The molecule has 19 heavy (non-hydrogen) atoms. The number of hydrogen-bond acceptors (Lipinski definition) is 3. The highest BCUT2D eigenvalue weighted by atomic mass is 16.5. The predicted octanol–water partition coefficient (Wildman–Crippen LogP) is 2.63. The van der Waals surface area contributed by atoms with E-state index in [1.54, 1.807) is 7.11 Å². The van der Waals surface area contributed by atoms with Gasteiger partial charge in [-0.3, -0.25) is 4.90 Å². The van der Waals surface area contributed by atoms with Crippen molar-refractivity contribution in [3.8, 4) is 5.75 Å². The minimum absolute atomic E-state index is 0.0774. The molecule has 3 nitrogen and oxygen atoms in total. The first-order valence-electron chi connectivity index (χ1n) is 7.40. The van der Waals surface area contributed by atoms with Crippen LogP contribution in [0.2, 0.25) is 0 Å². The summed E-state index contributed by atoms with van der Waals surface area (Å²) in [5.74, 6) is 0.999. The van der Waals surface area contributed by atoms with Gasteiger partial charge in [0.05, 0.1) is 7.11 Å². The first kappa shape index (κ1) is 12.9. The van der Waals surface area contributed by atoms with Crippen molar-refractivity contribution in [1.82, 2.24) is 4.90 Å². The number of benzene rings is 1. The third-order valence-electron chi connectivity index (χ3n) is 4.69. The van der Waals surface area contributed by atoms with Crippen LogP contribution in [0.25, 0.3) is 0 Å². The van der Waals surface area contributed by atoms with Crippen molar-refractivity contribution in [2.75, 3.05) is 20.2 Å². The van der Waals surface area contributed by atoms with E-state index in [0.29, 0.717) is 0 Å². The topological polar surface area (TPSA) is 38.5 Å². The fourth-order valence-electron chi connectivity index (χ4n) is 3.24. The predicted molar refractivity (Wildman–Crippen MR) is 77.2 cm³/mol. The molecule has 2 aliphatic rings. The maximum atomic E-state index is 6.44. The summed E-state index contributed by atoms with van der Waals surface area (Å²) in [7, 11) is 1.75. The minimum Gasteiger partial charge on any atom is -0.496 e. The molecule has 2 fully saturated rings. The Morgan fingerprint density at radius 1 is 1.21 bits per heavy atom. The Bertz CT molecular complexity index is 448. The van der Waals surface area contributed by atoms with E-state index >= 15 is 0 Å². The lowest BCUT2D eigenvalue weighted by molar-refractivity contribution is 0.252. The number of nitrogens with zero attached hydrogens (tertiary/aromatic N) is 1. The summed E-state index contributed by atoms with van der Waals surface area (Å²) in [6.45, 7) is 3.41. The quantitative estimate of drug-likeness (QED) is 0.904. The number of hydrogen-bond donors (Lipinski definition) is 1. The van der Waals surface area contributed by atoms with Gasteiger partial charge in [-0.1, -0.05) is 6.07 Å². The highest BCUT2D eigenvalue weighted by Crippen LogP contribution is 2.40. The van der Waals surface area contributed by atoms with Crippen molar-refractivity contribution >= 4 is 0 Å². The normalized spacial score (nSPS) is 22.2. The number of rotatable bonds is 4. The van der Waals surface area contributed by atoms with Crippen LogP contribution in [-0.4, -0.2) is 25.1 Å². The highest BCUT2D eigenvalue weighted by Gasteiger charge is 2.34. The van der Waals surface area contributed by atoms with E-state index in [9.17, 15) is 0 Å². The van der Waals surface area contributed by atoms with Gasteiger partial charge in [0, 0.05) is 17.6 Å². The van der Waals surface area contributed by atoms with Crippen molar-refractivity contribution in [2.45, 2.75) is 44.2 Å². The van der Waals surface area contributed by atoms with Gasteiger partial charge < -0.3 is 10.5 Å². The second-order valence-electron chi connectivity index (χ2n) is 6.02. The fourth-order valence-corrected chi connectivity index (χ4v) is 3.24. The fraction of sp³-hybridized carbons (Fsp3) is 0.625. The third kappa shape index (κ3) is 2.49. The maximum absolute atomic E-state index is 6.44. The summed E-state index contributed by atoms with van der Waals surface area (Å²) >= 11 is 0. The molecular formula is C16H24N2O. The third-order valence-corrected chi connectivity index (χ3v) is 4.69. The molecule has 1 aliphatic heterocycles. The largest absolute Gasteiger partial charge is 0.496 e. The summed E-state index contributed by atoms with van der Waals surface area (Å²) in [6.07, 6.45) is 6.13. The van der Waals surface area contributed by atoms with Crippen molar-refractivity contribution < 1.29 is 4.74 Å². The molecule has 0 radical (unpaired) electrons. The molecule has 1 saturated heterocycles. The van der Waals surface area contributed by atoms with Gasteiger partial charge in [0.2, 0.25) is 0 Å². The Kier molecular flexibility index (Phi) is 3.50. The summed E-state index contributed by atoms with van der Waals surface area (Å²) in [6, 6.07) is 6.51. The Labute approximate surface area is 115 Å². The lowest BCUT2D eigenvalue weighted by Gasteiger charge is -2.39. The molecule has 2 N–H and O–H groups in total. The van der Waals surface area contributed by atoms with Crippen molar-refractivity contribution in [3.63, 3.8) is 0 Å². The molecule has 1 saturated carbocycles. The van der Waals surface area contributed by atoms with Crippen LogP contribution in [0.4, 0.5) is 0 Å². The van der Waals surface area contributed by atoms with Gasteiger partial charge in [-0.05, 0) is 62.9 Å². The first-order valence-corrected chi connectivity index (χ1v) is 7.40. The monoisotopic (exact) mass is 260 g/mol. The van der Waals surface area contributed by atoms with Crippen LogP contribution in [-0.2, 0) is 12.1 Å². The molecule has 3 rings (SSSR count). The average molecular weight is 260 g/mol. The highest BCUT2D eigenvalue weighted by molar-refractivity contribution is 5.40. The zero-order chi connectivity index (χ0) is 13.3. The van der Waals surface area contributed by atoms with Gasteiger partial charge in [-0.25, -0.2) is 0 Å². The average Bonchev–Trinajstić information content (AvgIpc) is 2.89. The van der Waals surface area contributed by atoms with E-state index in [-0.39, 0.29) is 5.54 Å². The number of ether oxygens (including phenoxy) is 1. The molecular weight excluding hydrogens is 236 g/mol. The minimum atomic E-state index is -0.0774. The van der Waals surface area contributed by atoms with Crippen LogP contribution in [0, 0.1) is 0 Å². The van der Waals surface area contributed by atoms with E-state index in [1.165, 1.54) is 43.5 Å². The van der Waals surface area contributed by atoms with E-state index in [1.807, 2.05) is 0 Å². The molecule has 0 amide bonds. The molecule has 1 aliphatic carbocycles. The molecule has 0 spiro atoms. The zero-order valence-corrected chi connectivity index (χ0v) is 11.8. The first-order chi connectivity index (χ1) is 9.21. The second kappa shape index (κ2) is 5.14. The summed E-state index contributed by atoms with van der Waals surface area (Å²) in [5.41, 5.74) is 8.94. The van der Waals surface area contributed by atoms with Crippen LogP contribution in [0.15, 0.2) is 18.2 Å². The Hall–Kier alpha value is -1.06. The van der Waals surface area contributed by atoms with Crippen molar-refractivity contribution in [2.24, 2.45) is 5.73 Å². The van der Waals surface area contributed by atoms with Gasteiger partial charge in [0.1, 0.15) is 5.75 Å². The number of nitrogens with two attached hydrogens (primary N) is 1. The molecule has 1 heterocycles. The smallest absolute Gasteiger partial charge is 0.123 e. The maximum Gasteiger partial charge on any atom is 0.123 e. The Morgan fingerprint density at radius 2 is 1.95 bits per heavy atom. The zero-order valence-electron chi connectivity index (χ0n) is 11.8. The van der Waals surface area contributed by atoms with Gasteiger partial charge in [-0.2, -0.15) is 0 Å². The van der Waals surface area contributed by atoms with E-state index in [4.69, 9.17) is 10.5 Å². The molecule has 1 aromatic carbocycles. The van der Waals surface area contributed by atoms with Crippen LogP contribution in [0.3, 0.4) is 0 Å². The van der Waals surface area contributed by atoms with Crippen LogP contribution in [0.5, 0.6) is 5.75 Å². The summed E-state index contributed by atoms with van der Waals surface area (Å²) in [5, 5.41) is 0. The van der Waals surface area contributed by atoms with Crippen LogP contribution < -0.4 is 10.5 Å². The molecule has 104 valence electrons. The standard InChI is InChI=1S/C16H24N2O/c1-19-15-6-5-14(16(17)7-4-8-16)11-13(15)12-18-9-2-3-10-18/h5-6,11H,2-4,7-10,12,17H2,1H3. The van der Waals surface area contributed by atoms with Crippen molar-refractivity contribution in [1.29, 1.82) is 0 Å². The molecule has 1 aromatic rings. The summed E-state index contributed by atoms with van der Waals surface area (Å²) < 4.78 is 5.51. The second-order valence-corrected chi connectivity index (χ2v) is 6.02. The van der Waals surface area contributed by atoms with E-state index in [2.05, 4.69) is 23.1 Å². The molecule has 3 heteroatoms. The van der Waals surface area contributed by atoms with E-state index in [0.717, 1.165) is 25.1 Å². The van der Waals surface area contributed by atoms with Gasteiger partial charge >= 0.3 is 0 Å². The lowest BCUT2D eigenvalue weighted by Crippen LogP contribution is -2.43. The van der Waals surface area contributed by atoms with E-state index < -0.39 is 0 Å².